The molecule has 12 heteroatoms. The molecule has 2 atom stereocenters. The molecule has 0 radical (unpaired) electrons. The van der Waals surface area contributed by atoms with E-state index in [0.717, 1.165) is 64.5 Å². The van der Waals surface area contributed by atoms with Crippen LogP contribution in [0, 0.1) is 5.92 Å². The van der Waals surface area contributed by atoms with Crippen LogP contribution in [0.5, 0.6) is 11.5 Å². The Morgan fingerprint density at radius 1 is 1.00 bits per heavy atom. The standard InChI is InChI=1S/C30H28F3N3O4.C3H7NO/c1-39-23-11-6-19(7-12-23)16-21-4-3-5-25-28(21)34-36(29(25)20-8-13-24(40-2)14-9-20)27(38)18-35-17-22(30(31,32)33)10-15-26(35)37;1-4(2)3-5/h6-17,25,29H,3-5,18H2,1-2H3;3H,1-2H3/b21-16+;. The lowest BCUT2D eigenvalue weighted by Gasteiger charge is -2.30. The molecule has 2 heterocycles. The summed E-state index contributed by atoms with van der Waals surface area (Å²) >= 11 is 0. The quantitative estimate of drug-likeness (QED) is 0.328. The van der Waals surface area contributed by atoms with Gasteiger partial charge in [-0.15, -0.1) is 0 Å². The number of carbonyl (C=O) groups is 2. The molecule has 0 bridgehead atoms. The highest BCUT2D eigenvalue weighted by atomic mass is 19.4. The number of nitrogens with zero attached hydrogens (tertiary/aromatic N) is 4. The summed E-state index contributed by atoms with van der Waals surface area (Å²) in [7, 11) is 6.54. The molecule has 0 N–H and O–H groups in total. The monoisotopic (exact) mass is 624 g/mol. The number of aromatic nitrogens is 1. The Hall–Kier alpha value is -4.87. The van der Waals surface area contributed by atoms with Gasteiger partial charge in [0.1, 0.15) is 18.0 Å². The number of methoxy groups -OCH3 is 2. The zero-order valence-corrected chi connectivity index (χ0v) is 25.5. The molecule has 45 heavy (non-hydrogen) atoms. The van der Waals surface area contributed by atoms with Crippen molar-refractivity contribution < 1.29 is 32.2 Å². The molecule has 3 aromatic rings. The van der Waals surface area contributed by atoms with Crippen LogP contribution >= 0.6 is 0 Å². The molecule has 1 aromatic heterocycles. The van der Waals surface area contributed by atoms with Crippen molar-refractivity contribution in [1.29, 1.82) is 0 Å². The van der Waals surface area contributed by atoms with E-state index in [1.807, 2.05) is 42.5 Å². The normalized spacial score (nSPS) is 18.3. The fraction of sp³-hybridized carbons (Fsp3) is 0.333. The average molecular weight is 625 g/mol. The topological polar surface area (TPSA) is 93.4 Å². The summed E-state index contributed by atoms with van der Waals surface area (Å²) in [4.78, 5) is 36.9. The van der Waals surface area contributed by atoms with Crippen molar-refractivity contribution in [1.82, 2.24) is 14.5 Å². The molecule has 1 saturated carbocycles. The van der Waals surface area contributed by atoms with Crippen molar-refractivity contribution in [3.05, 3.63) is 99.5 Å². The average Bonchev–Trinajstić information content (AvgIpc) is 3.43. The summed E-state index contributed by atoms with van der Waals surface area (Å²) in [6, 6.07) is 16.0. The van der Waals surface area contributed by atoms with Gasteiger partial charge in [-0.3, -0.25) is 14.4 Å². The third-order valence-corrected chi connectivity index (χ3v) is 7.50. The fourth-order valence-electron chi connectivity index (χ4n) is 5.28. The van der Waals surface area contributed by atoms with E-state index in [0.29, 0.717) is 18.0 Å². The van der Waals surface area contributed by atoms with Crippen LogP contribution in [-0.2, 0) is 22.3 Å². The summed E-state index contributed by atoms with van der Waals surface area (Å²) in [5.41, 5.74) is 1.84. The molecule has 1 aliphatic heterocycles. The first kappa shape index (κ1) is 33.0. The van der Waals surface area contributed by atoms with Gasteiger partial charge in [0.2, 0.25) is 6.41 Å². The van der Waals surface area contributed by atoms with Crippen LogP contribution in [0.2, 0.25) is 0 Å². The van der Waals surface area contributed by atoms with E-state index >= 15 is 0 Å². The van der Waals surface area contributed by atoms with Gasteiger partial charge in [-0.2, -0.15) is 18.3 Å². The van der Waals surface area contributed by atoms with E-state index in [1.54, 1.807) is 40.4 Å². The molecule has 2 amide bonds. The number of pyridine rings is 1. The third-order valence-electron chi connectivity index (χ3n) is 7.50. The Bertz CT molecular complexity index is 1610. The number of benzene rings is 2. The van der Waals surface area contributed by atoms with Crippen molar-refractivity contribution >= 4 is 24.1 Å². The lowest BCUT2D eigenvalue weighted by molar-refractivity contribution is -0.139. The number of hydrogen-bond donors (Lipinski definition) is 0. The molecule has 0 saturated heterocycles. The summed E-state index contributed by atoms with van der Waals surface area (Å²) in [5.74, 6) is 0.699. The highest BCUT2D eigenvalue weighted by Crippen LogP contribution is 2.44. The molecular weight excluding hydrogens is 589 g/mol. The zero-order valence-electron chi connectivity index (χ0n) is 25.5. The van der Waals surface area contributed by atoms with Crippen molar-refractivity contribution in [2.45, 2.75) is 38.0 Å². The largest absolute Gasteiger partial charge is 0.497 e. The first-order valence-electron chi connectivity index (χ1n) is 14.2. The minimum absolute atomic E-state index is 0.117. The molecule has 238 valence electrons. The van der Waals surface area contributed by atoms with E-state index in [-0.39, 0.29) is 5.92 Å². The number of carbonyl (C=O) groups excluding carboxylic acids is 2. The van der Waals surface area contributed by atoms with E-state index in [4.69, 9.17) is 14.6 Å². The number of hydrogen-bond acceptors (Lipinski definition) is 6. The van der Waals surface area contributed by atoms with Crippen molar-refractivity contribution in [2.75, 3.05) is 28.3 Å². The van der Waals surface area contributed by atoms with Crippen LogP contribution in [0.4, 0.5) is 13.2 Å². The van der Waals surface area contributed by atoms with Crippen LogP contribution in [0.15, 0.2) is 82.3 Å². The van der Waals surface area contributed by atoms with Gasteiger partial charge in [-0.1, -0.05) is 24.3 Å². The highest BCUT2D eigenvalue weighted by Gasteiger charge is 2.44. The van der Waals surface area contributed by atoms with Crippen molar-refractivity contribution in [2.24, 2.45) is 11.0 Å². The summed E-state index contributed by atoms with van der Waals surface area (Å²) in [6.07, 6.45) is 1.25. The summed E-state index contributed by atoms with van der Waals surface area (Å²) < 4.78 is 51.2. The number of allylic oxidation sites excluding steroid dienone is 1. The Balaban J connectivity index is 0.000000854. The minimum atomic E-state index is -4.64. The first-order valence-corrected chi connectivity index (χ1v) is 14.2. The van der Waals surface area contributed by atoms with Crippen LogP contribution in [0.1, 0.15) is 42.0 Å². The number of hydrazone groups is 1. The zero-order chi connectivity index (χ0) is 32.7. The van der Waals surface area contributed by atoms with Crippen LogP contribution in [-0.4, -0.2) is 60.8 Å². The molecule has 1 aliphatic carbocycles. The van der Waals surface area contributed by atoms with E-state index in [1.165, 1.54) is 9.91 Å². The van der Waals surface area contributed by atoms with Gasteiger partial charge in [-0.05, 0) is 72.4 Å². The summed E-state index contributed by atoms with van der Waals surface area (Å²) in [6.45, 7) is -0.573. The second kappa shape index (κ2) is 14.3. The molecule has 5 rings (SSSR count). The second-order valence-corrected chi connectivity index (χ2v) is 10.8. The number of rotatable bonds is 7. The molecular formula is C33H35F3N4O5. The van der Waals surface area contributed by atoms with Gasteiger partial charge in [0.05, 0.1) is 31.5 Å². The SMILES string of the molecule is CN(C)C=O.COc1ccc(/C=C2\CCCC3C2=NN(C(=O)Cn2cc(C(F)(F)F)ccc2=O)C3c2ccc(OC)cc2)cc1. The van der Waals surface area contributed by atoms with Gasteiger partial charge in [-0.25, -0.2) is 5.01 Å². The Morgan fingerprint density at radius 3 is 2.16 bits per heavy atom. The van der Waals surface area contributed by atoms with Crippen molar-refractivity contribution in [3.63, 3.8) is 0 Å². The lowest BCUT2D eigenvalue weighted by atomic mass is 9.77. The molecule has 2 aliphatic rings. The van der Waals surface area contributed by atoms with Crippen LogP contribution in [0.3, 0.4) is 0 Å². The number of ether oxygens (including phenoxy) is 2. The first-order chi connectivity index (χ1) is 21.4. The van der Waals surface area contributed by atoms with Gasteiger partial charge in [0.25, 0.3) is 11.5 Å². The molecule has 2 aromatic carbocycles. The predicted molar refractivity (Wildman–Crippen MR) is 164 cm³/mol. The Kier molecular flexibility index (Phi) is 10.5. The number of fused-ring (bicyclic) bond motifs is 1. The van der Waals surface area contributed by atoms with E-state index < -0.39 is 35.8 Å². The van der Waals surface area contributed by atoms with E-state index in [2.05, 4.69) is 0 Å². The molecule has 9 nitrogen and oxygen atoms in total. The minimum Gasteiger partial charge on any atom is -0.497 e. The van der Waals surface area contributed by atoms with Gasteiger partial charge in [0.15, 0.2) is 0 Å². The number of amides is 2. The van der Waals surface area contributed by atoms with Gasteiger partial charge in [0, 0.05) is 32.3 Å². The third kappa shape index (κ3) is 8.00. The smallest absolute Gasteiger partial charge is 0.417 e. The predicted octanol–water partition coefficient (Wildman–Crippen LogP) is 5.41. The summed E-state index contributed by atoms with van der Waals surface area (Å²) in [5, 5.41) is 6.09. The van der Waals surface area contributed by atoms with Crippen LogP contribution < -0.4 is 15.0 Å². The van der Waals surface area contributed by atoms with E-state index in [9.17, 15) is 27.6 Å². The molecule has 0 spiro atoms. The maximum absolute atomic E-state index is 13.6. The second-order valence-electron chi connectivity index (χ2n) is 10.8. The highest BCUT2D eigenvalue weighted by molar-refractivity contribution is 6.08. The van der Waals surface area contributed by atoms with Crippen LogP contribution in [0.25, 0.3) is 6.08 Å². The van der Waals surface area contributed by atoms with Crippen molar-refractivity contribution in [3.8, 4) is 11.5 Å². The van der Waals surface area contributed by atoms with Gasteiger partial charge < -0.3 is 18.9 Å². The molecule has 1 fully saturated rings. The number of alkyl halides is 3. The van der Waals surface area contributed by atoms with Gasteiger partial charge >= 0.3 is 6.18 Å². The maximum Gasteiger partial charge on any atom is 0.417 e. The number of halogens is 3. The Labute approximate surface area is 259 Å². The lowest BCUT2D eigenvalue weighted by Crippen LogP contribution is -2.36. The fourth-order valence-corrected chi connectivity index (χ4v) is 5.28. The Morgan fingerprint density at radius 2 is 1.60 bits per heavy atom. The maximum atomic E-state index is 13.6. The molecule has 2 unspecified atom stereocenters.